The van der Waals surface area contributed by atoms with E-state index in [4.69, 9.17) is 0 Å². The molecule has 88 valence electrons. The Labute approximate surface area is 99.3 Å². The molecule has 17 heavy (non-hydrogen) atoms. The van der Waals surface area contributed by atoms with Crippen molar-refractivity contribution in [2.45, 2.75) is 19.8 Å². The van der Waals surface area contributed by atoms with Gasteiger partial charge in [-0.2, -0.15) is 5.10 Å². The summed E-state index contributed by atoms with van der Waals surface area (Å²) in [6.45, 7) is 3.07. The topological polar surface area (TPSA) is 29.9 Å². The van der Waals surface area contributed by atoms with Gasteiger partial charge in [0.2, 0.25) is 0 Å². The summed E-state index contributed by atoms with van der Waals surface area (Å²) in [5.74, 6) is 0.842. The molecule has 2 aromatic rings. The van der Waals surface area contributed by atoms with Crippen molar-refractivity contribution in [2.24, 2.45) is 0 Å². The third kappa shape index (κ3) is 1.60. The molecule has 0 fully saturated rings. The second-order valence-electron chi connectivity index (χ2n) is 4.19. The predicted octanol–water partition coefficient (Wildman–Crippen LogP) is 2.54. The smallest absolute Gasteiger partial charge is 0.133 e. The first-order valence-corrected chi connectivity index (χ1v) is 5.90. The standard InChI is InChI=1S/C13H14FN3/c1-2-12-11-7-8-15-13(11)17(16-12)10-5-3-9(14)4-6-10/h3-6,15H,2,7-8H2,1H3. The second kappa shape index (κ2) is 3.87. The molecule has 0 radical (unpaired) electrons. The Morgan fingerprint density at radius 3 is 2.82 bits per heavy atom. The van der Waals surface area contributed by atoms with Crippen LogP contribution in [0, 0.1) is 5.82 Å². The number of nitrogens with one attached hydrogen (secondary N) is 1. The number of fused-ring (bicyclic) bond motifs is 1. The molecule has 1 aliphatic rings. The van der Waals surface area contributed by atoms with Crippen LogP contribution in [0.25, 0.3) is 5.69 Å². The highest BCUT2D eigenvalue weighted by Crippen LogP contribution is 2.28. The molecule has 0 unspecified atom stereocenters. The second-order valence-corrected chi connectivity index (χ2v) is 4.19. The largest absolute Gasteiger partial charge is 0.369 e. The summed E-state index contributed by atoms with van der Waals surface area (Å²) in [4.78, 5) is 0. The molecule has 1 aromatic carbocycles. The van der Waals surface area contributed by atoms with Gasteiger partial charge in [0.15, 0.2) is 0 Å². The first-order chi connectivity index (χ1) is 8.29. The monoisotopic (exact) mass is 231 g/mol. The lowest BCUT2D eigenvalue weighted by Gasteiger charge is -2.05. The van der Waals surface area contributed by atoms with Gasteiger partial charge in [-0.25, -0.2) is 9.07 Å². The van der Waals surface area contributed by atoms with Crippen LogP contribution >= 0.6 is 0 Å². The Kier molecular flexibility index (Phi) is 2.35. The van der Waals surface area contributed by atoms with E-state index in [-0.39, 0.29) is 5.82 Å². The van der Waals surface area contributed by atoms with Crippen LogP contribution in [0.15, 0.2) is 24.3 Å². The number of anilines is 1. The van der Waals surface area contributed by atoms with Gasteiger partial charge in [0.1, 0.15) is 11.6 Å². The molecule has 0 atom stereocenters. The van der Waals surface area contributed by atoms with Gasteiger partial charge >= 0.3 is 0 Å². The van der Waals surface area contributed by atoms with E-state index in [1.165, 1.54) is 17.7 Å². The van der Waals surface area contributed by atoms with Gasteiger partial charge in [-0.3, -0.25) is 0 Å². The fraction of sp³-hybridized carbons (Fsp3) is 0.308. The third-order valence-electron chi connectivity index (χ3n) is 3.14. The zero-order chi connectivity index (χ0) is 11.8. The fourth-order valence-electron chi connectivity index (χ4n) is 2.30. The zero-order valence-electron chi connectivity index (χ0n) is 9.70. The van der Waals surface area contributed by atoms with Crippen molar-refractivity contribution in [3.05, 3.63) is 41.3 Å². The lowest BCUT2D eigenvalue weighted by atomic mass is 10.2. The molecule has 3 rings (SSSR count). The molecule has 3 nitrogen and oxygen atoms in total. The summed E-state index contributed by atoms with van der Waals surface area (Å²) in [6.07, 6.45) is 1.96. The van der Waals surface area contributed by atoms with E-state index < -0.39 is 0 Å². The van der Waals surface area contributed by atoms with E-state index in [1.807, 2.05) is 4.68 Å². The van der Waals surface area contributed by atoms with E-state index in [1.54, 1.807) is 12.1 Å². The normalized spacial score (nSPS) is 13.5. The van der Waals surface area contributed by atoms with Crippen molar-refractivity contribution in [1.29, 1.82) is 0 Å². The van der Waals surface area contributed by atoms with E-state index >= 15 is 0 Å². The van der Waals surface area contributed by atoms with Gasteiger partial charge in [0.05, 0.1) is 11.4 Å². The van der Waals surface area contributed by atoms with Crippen LogP contribution in [0.1, 0.15) is 18.2 Å². The van der Waals surface area contributed by atoms with Crippen molar-refractivity contribution in [3.8, 4) is 5.69 Å². The first kappa shape index (κ1) is 10.3. The molecule has 0 saturated heterocycles. The van der Waals surface area contributed by atoms with Crippen molar-refractivity contribution < 1.29 is 4.39 Å². The summed E-state index contributed by atoms with van der Waals surface area (Å²) in [7, 11) is 0. The van der Waals surface area contributed by atoms with Crippen LogP contribution < -0.4 is 5.32 Å². The molecular formula is C13H14FN3. The van der Waals surface area contributed by atoms with Gasteiger partial charge in [-0.1, -0.05) is 6.92 Å². The summed E-state index contributed by atoms with van der Waals surface area (Å²) in [6, 6.07) is 6.43. The van der Waals surface area contributed by atoms with Crippen molar-refractivity contribution in [1.82, 2.24) is 9.78 Å². The highest BCUT2D eigenvalue weighted by molar-refractivity contribution is 5.57. The number of hydrogen-bond acceptors (Lipinski definition) is 2. The fourth-order valence-corrected chi connectivity index (χ4v) is 2.30. The summed E-state index contributed by atoms with van der Waals surface area (Å²) in [5, 5.41) is 7.93. The molecule has 1 aliphatic heterocycles. The Morgan fingerprint density at radius 1 is 1.35 bits per heavy atom. The molecular weight excluding hydrogens is 217 g/mol. The molecule has 0 bridgehead atoms. The average molecular weight is 231 g/mol. The van der Waals surface area contributed by atoms with Gasteiger partial charge in [-0.05, 0) is 37.1 Å². The van der Waals surface area contributed by atoms with Crippen LogP contribution in [0.3, 0.4) is 0 Å². The molecule has 0 saturated carbocycles. The van der Waals surface area contributed by atoms with E-state index in [9.17, 15) is 4.39 Å². The van der Waals surface area contributed by atoms with Gasteiger partial charge < -0.3 is 5.32 Å². The Morgan fingerprint density at radius 2 is 2.12 bits per heavy atom. The quantitative estimate of drug-likeness (QED) is 0.860. The number of halogens is 1. The summed E-state index contributed by atoms with van der Waals surface area (Å²) >= 11 is 0. The average Bonchev–Trinajstić information content (AvgIpc) is 2.91. The molecule has 1 N–H and O–H groups in total. The summed E-state index contributed by atoms with van der Waals surface area (Å²) < 4.78 is 14.8. The van der Waals surface area contributed by atoms with E-state index in [0.29, 0.717) is 0 Å². The first-order valence-electron chi connectivity index (χ1n) is 5.90. The Hall–Kier alpha value is -1.84. The van der Waals surface area contributed by atoms with E-state index in [0.717, 1.165) is 36.6 Å². The van der Waals surface area contributed by atoms with Crippen LogP contribution in [0.5, 0.6) is 0 Å². The lowest BCUT2D eigenvalue weighted by molar-refractivity contribution is 0.627. The van der Waals surface area contributed by atoms with Crippen molar-refractivity contribution in [3.63, 3.8) is 0 Å². The number of aryl methyl sites for hydroxylation is 1. The van der Waals surface area contributed by atoms with Crippen LogP contribution in [0.2, 0.25) is 0 Å². The van der Waals surface area contributed by atoms with Gasteiger partial charge in [-0.15, -0.1) is 0 Å². The number of benzene rings is 1. The molecule has 4 heteroatoms. The highest BCUT2D eigenvalue weighted by Gasteiger charge is 2.21. The minimum atomic E-state index is -0.221. The number of hydrogen-bond donors (Lipinski definition) is 1. The molecule has 0 spiro atoms. The van der Waals surface area contributed by atoms with E-state index in [2.05, 4.69) is 17.3 Å². The maximum atomic E-state index is 12.9. The Balaban J connectivity index is 2.12. The number of nitrogens with zero attached hydrogens (tertiary/aromatic N) is 2. The minimum Gasteiger partial charge on any atom is -0.369 e. The predicted molar refractivity (Wildman–Crippen MR) is 65.1 cm³/mol. The maximum absolute atomic E-state index is 12.9. The number of rotatable bonds is 2. The lowest BCUT2D eigenvalue weighted by Crippen LogP contribution is -2.04. The Bertz CT molecular complexity index is 543. The van der Waals surface area contributed by atoms with Crippen LogP contribution in [-0.2, 0) is 12.8 Å². The summed E-state index contributed by atoms with van der Waals surface area (Å²) in [5.41, 5.74) is 3.34. The SMILES string of the molecule is CCc1nn(-c2ccc(F)cc2)c2c1CCN2. The van der Waals surface area contributed by atoms with Gasteiger partial charge in [0, 0.05) is 12.1 Å². The minimum absolute atomic E-state index is 0.221. The molecule has 0 amide bonds. The number of aromatic nitrogens is 2. The molecule has 1 aromatic heterocycles. The molecule has 0 aliphatic carbocycles. The maximum Gasteiger partial charge on any atom is 0.133 e. The van der Waals surface area contributed by atoms with Crippen molar-refractivity contribution >= 4 is 5.82 Å². The third-order valence-corrected chi connectivity index (χ3v) is 3.14. The zero-order valence-corrected chi connectivity index (χ0v) is 9.70. The van der Waals surface area contributed by atoms with Crippen LogP contribution in [0.4, 0.5) is 10.2 Å². The molecule has 2 heterocycles. The van der Waals surface area contributed by atoms with Crippen molar-refractivity contribution in [2.75, 3.05) is 11.9 Å². The highest BCUT2D eigenvalue weighted by atomic mass is 19.1. The van der Waals surface area contributed by atoms with Gasteiger partial charge in [0.25, 0.3) is 0 Å². The van der Waals surface area contributed by atoms with Crippen LogP contribution in [-0.4, -0.2) is 16.3 Å².